The van der Waals surface area contributed by atoms with Gasteiger partial charge < -0.3 is 35.5 Å². The maximum Gasteiger partial charge on any atom is 0.407 e. The zero-order valence-corrected chi connectivity index (χ0v) is 18.2. The Bertz CT molecular complexity index is 416. The summed E-state index contributed by atoms with van der Waals surface area (Å²) in [6, 6.07) is -0.169. The SMILES string of the molecule is CNCCCCC(NC)C(=O)NCCOCCOCCNC(=O)OC(C)(C)C. The van der Waals surface area contributed by atoms with Crippen LogP contribution in [0.1, 0.15) is 40.0 Å². The summed E-state index contributed by atoms with van der Waals surface area (Å²) in [7, 11) is 3.72. The van der Waals surface area contributed by atoms with Gasteiger partial charge in [-0.1, -0.05) is 6.42 Å². The lowest BCUT2D eigenvalue weighted by atomic mass is 10.1. The molecule has 0 bridgehead atoms. The topological polar surface area (TPSA) is 110 Å². The largest absolute Gasteiger partial charge is 0.444 e. The molecule has 9 nitrogen and oxygen atoms in total. The average Bonchev–Trinajstić information content (AvgIpc) is 2.61. The summed E-state index contributed by atoms with van der Waals surface area (Å²) < 4.78 is 15.9. The highest BCUT2D eigenvalue weighted by Crippen LogP contribution is 2.06. The molecular formula is C19H40N4O5. The van der Waals surface area contributed by atoms with E-state index in [1.54, 1.807) is 7.05 Å². The normalized spacial score (nSPS) is 12.5. The molecule has 0 saturated heterocycles. The van der Waals surface area contributed by atoms with Crippen LogP contribution in [0, 0.1) is 0 Å². The number of nitrogens with one attached hydrogen (secondary N) is 4. The third kappa shape index (κ3) is 16.7. The van der Waals surface area contributed by atoms with Gasteiger partial charge in [-0.15, -0.1) is 0 Å². The van der Waals surface area contributed by atoms with Crippen LogP contribution in [0.4, 0.5) is 4.79 Å². The van der Waals surface area contributed by atoms with Crippen LogP contribution >= 0.6 is 0 Å². The number of amides is 2. The molecule has 0 aromatic heterocycles. The lowest BCUT2D eigenvalue weighted by Crippen LogP contribution is -2.43. The van der Waals surface area contributed by atoms with Crippen LogP contribution < -0.4 is 21.3 Å². The van der Waals surface area contributed by atoms with Gasteiger partial charge in [0.1, 0.15) is 5.60 Å². The van der Waals surface area contributed by atoms with Crippen molar-refractivity contribution in [3.05, 3.63) is 0 Å². The number of unbranched alkanes of at least 4 members (excludes halogenated alkanes) is 1. The highest BCUT2D eigenvalue weighted by atomic mass is 16.6. The van der Waals surface area contributed by atoms with E-state index in [1.807, 2.05) is 27.8 Å². The van der Waals surface area contributed by atoms with Crippen molar-refractivity contribution in [3.63, 3.8) is 0 Å². The monoisotopic (exact) mass is 404 g/mol. The lowest BCUT2D eigenvalue weighted by molar-refractivity contribution is -0.123. The number of carbonyl (C=O) groups excluding carboxylic acids is 2. The second-order valence-corrected chi connectivity index (χ2v) is 7.39. The highest BCUT2D eigenvalue weighted by Gasteiger charge is 2.16. The van der Waals surface area contributed by atoms with E-state index in [0.29, 0.717) is 39.5 Å². The Hall–Kier alpha value is -1.42. The molecule has 0 aliphatic heterocycles. The quantitative estimate of drug-likeness (QED) is 0.279. The van der Waals surface area contributed by atoms with Crippen molar-refractivity contribution in [1.82, 2.24) is 21.3 Å². The van der Waals surface area contributed by atoms with Crippen LogP contribution in [0.3, 0.4) is 0 Å². The number of ether oxygens (including phenoxy) is 3. The molecule has 0 heterocycles. The third-order valence-electron chi connectivity index (χ3n) is 3.67. The Morgan fingerprint density at radius 2 is 1.46 bits per heavy atom. The molecule has 0 aromatic carbocycles. The van der Waals surface area contributed by atoms with Crippen molar-refractivity contribution in [2.24, 2.45) is 0 Å². The van der Waals surface area contributed by atoms with Gasteiger partial charge in [-0.2, -0.15) is 0 Å². The second kappa shape index (κ2) is 16.5. The van der Waals surface area contributed by atoms with Crippen molar-refractivity contribution in [2.75, 3.05) is 60.2 Å². The van der Waals surface area contributed by atoms with Crippen molar-refractivity contribution in [2.45, 2.75) is 51.7 Å². The fourth-order valence-corrected chi connectivity index (χ4v) is 2.29. The van der Waals surface area contributed by atoms with Crippen LogP contribution in [0.15, 0.2) is 0 Å². The van der Waals surface area contributed by atoms with Crippen molar-refractivity contribution < 1.29 is 23.8 Å². The minimum absolute atomic E-state index is 0.0000231. The number of likely N-dealkylation sites (N-methyl/N-ethyl adjacent to an activating group) is 1. The van der Waals surface area contributed by atoms with E-state index >= 15 is 0 Å². The predicted molar refractivity (Wildman–Crippen MR) is 110 cm³/mol. The Morgan fingerprint density at radius 3 is 2.00 bits per heavy atom. The molecule has 2 amide bonds. The standard InChI is InChI=1S/C19H40N4O5/c1-19(2,3)28-18(25)23-11-13-27-15-14-26-12-10-22-17(24)16(21-5)8-6-7-9-20-4/h16,20-21H,6-15H2,1-5H3,(H,22,24)(H,23,25). The third-order valence-corrected chi connectivity index (χ3v) is 3.67. The Morgan fingerprint density at radius 1 is 0.857 bits per heavy atom. The van der Waals surface area contributed by atoms with E-state index in [1.165, 1.54) is 0 Å². The summed E-state index contributed by atoms with van der Waals surface area (Å²) in [5, 5.41) is 11.6. The van der Waals surface area contributed by atoms with Gasteiger partial charge in [-0.3, -0.25) is 4.79 Å². The Labute approximate surface area is 169 Å². The molecule has 1 atom stereocenters. The van der Waals surface area contributed by atoms with E-state index in [-0.39, 0.29) is 11.9 Å². The molecule has 28 heavy (non-hydrogen) atoms. The maximum atomic E-state index is 12.1. The molecule has 0 aromatic rings. The van der Waals surface area contributed by atoms with Crippen LogP contribution in [-0.4, -0.2) is 83.8 Å². The molecule has 0 aliphatic carbocycles. The van der Waals surface area contributed by atoms with Crippen molar-refractivity contribution >= 4 is 12.0 Å². The van der Waals surface area contributed by atoms with E-state index in [4.69, 9.17) is 14.2 Å². The minimum atomic E-state index is -0.506. The Kier molecular flexibility index (Phi) is 15.7. The van der Waals surface area contributed by atoms with Crippen LogP contribution in [-0.2, 0) is 19.0 Å². The van der Waals surface area contributed by atoms with Crippen LogP contribution in [0.25, 0.3) is 0 Å². The summed E-state index contributed by atoms with van der Waals surface area (Å²) >= 11 is 0. The first-order valence-electron chi connectivity index (χ1n) is 10.0. The van der Waals surface area contributed by atoms with Gasteiger partial charge >= 0.3 is 6.09 Å². The molecule has 0 radical (unpaired) electrons. The lowest BCUT2D eigenvalue weighted by Gasteiger charge is -2.19. The number of carbonyl (C=O) groups is 2. The van der Waals surface area contributed by atoms with E-state index < -0.39 is 11.7 Å². The Balaban J connectivity index is 3.53. The molecular weight excluding hydrogens is 364 g/mol. The van der Waals surface area contributed by atoms with E-state index in [9.17, 15) is 9.59 Å². The molecule has 0 rings (SSSR count). The second-order valence-electron chi connectivity index (χ2n) is 7.39. The molecule has 0 fully saturated rings. The zero-order valence-electron chi connectivity index (χ0n) is 18.2. The summed E-state index contributed by atoms with van der Waals surface area (Å²) in [6.45, 7) is 8.92. The summed E-state index contributed by atoms with van der Waals surface area (Å²) in [4.78, 5) is 23.5. The number of alkyl carbamates (subject to hydrolysis) is 1. The molecule has 0 aliphatic rings. The fourth-order valence-electron chi connectivity index (χ4n) is 2.29. The highest BCUT2D eigenvalue weighted by molar-refractivity contribution is 5.81. The minimum Gasteiger partial charge on any atom is -0.444 e. The van der Waals surface area contributed by atoms with Gasteiger partial charge in [0.25, 0.3) is 0 Å². The molecule has 166 valence electrons. The van der Waals surface area contributed by atoms with Crippen molar-refractivity contribution in [1.29, 1.82) is 0 Å². The van der Waals surface area contributed by atoms with Crippen LogP contribution in [0.5, 0.6) is 0 Å². The van der Waals surface area contributed by atoms with Gasteiger partial charge in [0, 0.05) is 13.1 Å². The van der Waals surface area contributed by atoms with E-state index in [2.05, 4.69) is 21.3 Å². The van der Waals surface area contributed by atoms with Crippen LogP contribution in [0.2, 0.25) is 0 Å². The van der Waals surface area contributed by atoms with Gasteiger partial charge in [-0.05, 0) is 54.3 Å². The smallest absolute Gasteiger partial charge is 0.407 e. The van der Waals surface area contributed by atoms with Gasteiger partial charge in [0.2, 0.25) is 5.91 Å². The fraction of sp³-hybridized carbons (Fsp3) is 0.895. The first-order chi connectivity index (χ1) is 13.3. The number of hydrogen-bond acceptors (Lipinski definition) is 7. The summed E-state index contributed by atoms with van der Waals surface area (Å²) in [5.74, 6) is 0.0000231. The first kappa shape index (κ1) is 26.6. The van der Waals surface area contributed by atoms with E-state index in [0.717, 1.165) is 25.8 Å². The number of hydrogen-bond donors (Lipinski definition) is 4. The summed E-state index contributed by atoms with van der Waals surface area (Å²) in [6.07, 6.45) is 2.41. The molecule has 0 spiro atoms. The van der Waals surface area contributed by atoms with Gasteiger partial charge in [-0.25, -0.2) is 4.79 Å². The first-order valence-corrected chi connectivity index (χ1v) is 10.0. The van der Waals surface area contributed by atoms with Crippen molar-refractivity contribution in [3.8, 4) is 0 Å². The van der Waals surface area contributed by atoms with Gasteiger partial charge in [0.05, 0.1) is 32.5 Å². The molecule has 4 N–H and O–H groups in total. The molecule has 1 unspecified atom stereocenters. The summed E-state index contributed by atoms with van der Waals surface area (Å²) in [5.41, 5.74) is -0.506. The number of rotatable bonds is 16. The predicted octanol–water partition coefficient (Wildman–Crippen LogP) is 0.638. The maximum absolute atomic E-state index is 12.1. The zero-order chi connectivity index (χ0) is 21.3. The molecule has 0 saturated carbocycles. The van der Waals surface area contributed by atoms with Gasteiger partial charge in [0.15, 0.2) is 0 Å². The average molecular weight is 405 g/mol. The molecule has 9 heteroatoms.